The van der Waals surface area contributed by atoms with Gasteiger partial charge in [-0.3, -0.25) is 14.9 Å². The second kappa shape index (κ2) is 7.41. The number of nitrogens with zero attached hydrogens (tertiary/aromatic N) is 2. The van der Waals surface area contributed by atoms with Crippen molar-refractivity contribution in [3.63, 3.8) is 0 Å². The third kappa shape index (κ3) is 3.78. The lowest BCUT2D eigenvalue weighted by molar-refractivity contribution is 0.0946. The Balaban J connectivity index is 1.65. The number of amides is 1. The number of aromatic nitrogens is 3. The number of nitrogens with one attached hydrogen (secondary N) is 2. The summed E-state index contributed by atoms with van der Waals surface area (Å²) in [4.78, 5) is 16.1. The zero-order valence-electron chi connectivity index (χ0n) is 13.3. The summed E-state index contributed by atoms with van der Waals surface area (Å²) in [6, 6.07) is 13.1. The van der Waals surface area contributed by atoms with Gasteiger partial charge in [0.05, 0.1) is 12.3 Å². The van der Waals surface area contributed by atoms with E-state index in [-0.39, 0.29) is 5.91 Å². The average molecular weight is 322 g/mol. The Morgan fingerprint density at radius 3 is 2.62 bits per heavy atom. The summed E-state index contributed by atoms with van der Waals surface area (Å²) in [6.07, 6.45) is 3.39. The van der Waals surface area contributed by atoms with Crippen molar-refractivity contribution in [1.82, 2.24) is 20.5 Å². The molecule has 122 valence electrons. The van der Waals surface area contributed by atoms with E-state index in [9.17, 15) is 4.79 Å². The Morgan fingerprint density at radius 1 is 1.17 bits per heavy atom. The quantitative estimate of drug-likeness (QED) is 0.731. The number of ether oxygens (including phenoxy) is 1. The van der Waals surface area contributed by atoms with Gasteiger partial charge in [-0.2, -0.15) is 5.10 Å². The van der Waals surface area contributed by atoms with Crippen LogP contribution in [0.2, 0.25) is 0 Å². The Bertz CT molecular complexity index is 797. The molecule has 0 saturated carbocycles. The summed E-state index contributed by atoms with van der Waals surface area (Å²) in [6.45, 7) is 3.01. The van der Waals surface area contributed by atoms with Crippen LogP contribution in [0.4, 0.5) is 0 Å². The Kier molecular flexibility index (Phi) is 4.86. The summed E-state index contributed by atoms with van der Waals surface area (Å²) in [5, 5.41) is 9.82. The van der Waals surface area contributed by atoms with Crippen molar-refractivity contribution in [2.75, 3.05) is 6.61 Å². The van der Waals surface area contributed by atoms with Crippen molar-refractivity contribution < 1.29 is 9.53 Å². The van der Waals surface area contributed by atoms with E-state index in [1.807, 2.05) is 43.3 Å². The molecule has 6 nitrogen and oxygen atoms in total. The smallest absolute Gasteiger partial charge is 0.269 e. The number of aromatic amines is 1. The van der Waals surface area contributed by atoms with Gasteiger partial charge in [-0.05, 0) is 55.0 Å². The minimum absolute atomic E-state index is 0.198. The third-order valence-electron chi connectivity index (χ3n) is 3.49. The number of carbonyl (C=O) groups is 1. The van der Waals surface area contributed by atoms with Crippen molar-refractivity contribution in [2.45, 2.75) is 13.5 Å². The minimum atomic E-state index is -0.198. The van der Waals surface area contributed by atoms with E-state index in [1.165, 1.54) is 0 Å². The molecule has 0 aliphatic rings. The lowest BCUT2D eigenvalue weighted by Crippen LogP contribution is -2.23. The average Bonchev–Trinajstić information content (AvgIpc) is 3.12. The van der Waals surface area contributed by atoms with E-state index in [2.05, 4.69) is 20.5 Å². The Hall–Kier alpha value is -3.15. The fraction of sp³-hybridized carbons (Fsp3) is 0.167. The van der Waals surface area contributed by atoms with Crippen molar-refractivity contribution in [2.24, 2.45) is 0 Å². The summed E-state index contributed by atoms with van der Waals surface area (Å²) < 4.78 is 5.42. The second-order valence-corrected chi connectivity index (χ2v) is 5.16. The predicted octanol–water partition coefficient (Wildman–Crippen LogP) is 2.80. The van der Waals surface area contributed by atoms with Crippen LogP contribution in [-0.4, -0.2) is 27.7 Å². The molecular weight excluding hydrogens is 304 g/mol. The fourth-order valence-electron chi connectivity index (χ4n) is 2.25. The highest BCUT2D eigenvalue weighted by Crippen LogP contribution is 2.21. The highest BCUT2D eigenvalue weighted by molar-refractivity contribution is 5.93. The van der Waals surface area contributed by atoms with Gasteiger partial charge in [0.25, 0.3) is 5.91 Å². The molecule has 0 unspecified atom stereocenters. The summed E-state index contributed by atoms with van der Waals surface area (Å²) in [5.41, 5.74) is 3.05. The van der Waals surface area contributed by atoms with Crippen LogP contribution in [0.5, 0.6) is 5.75 Å². The molecule has 2 heterocycles. The van der Waals surface area contributed by atoms with Gasteiger partial charge in [0, 0.05) is 24.5 Å². The molecule has 2 aromatic heterocycles. The van der Waals surface area contributed by atoms with Gasteiger partial charge in [0.1, 0.15) is 11.4 Å². The van der Waals surface area contributed by atoms with Gasteiger partial charge in [0.2, 0.25) is 0 Å². The first-order chi connectivity index (χ1) is 11.8. The number of rotatable bonds is 6. The number of hydrogen-bond donors (Lipinski definition) is 2. The van der Waals surface area contributed by atoms with Gasteiger partial charge in [0.15, 0.2) is 0 Å². The monoisotopic (exact) mass is 322 g/mol. The molecule has 0 radical (unpaired) electrons. The number of H-pyrrole nitrogens is 1. The number of benzene rings is 1. The number of carbonyl (C=O) groups excluding carboxylic acids is 1. The van der Waals surface area contributed by atoms with Crippen LogP contribution in [-0.2, 0) is 6.54 Å². The zero-order valence-corrected chi connectivity index (χ0v) is 13.3. The topological polar surface area (TPSA) is 79.9 Å². The van der Waals surface area contributed by atoms with Crippen molar-refractivity contribution in [3.05, 3.63) is 66.1 Å². The van der Waals surface area contributed by atoms with Gasteiger partial charge >= 0.3 is 0 Å². The Labute approximate surface area is 139 Å². The maximum atomic E-state index is 12.2. The van der Waals surface area contributed by atoms with E-state index < -0.39 is 0 Å². The lowest BCUT2D eigenvalue weighted by Gasteiger charge is -2.03. The maximum absolute atomic E-state index is 12.2. The largest absolute Gasteiger partial charge is 0.494 e. The SMILES string of the molecule is CCOc1ccc(-c2cc(C(=O)NCc3ccncc3)[nH]n2)cc1. The van der Waals surface area contributed by atoms with Crippen LogP contribution in [0.3, 0.4) is 0 Å². The van der Waals surface area contributed by atoms with Crippen molar-refractivity contribution >= 4 is 5.91 Å². The number of hydrogen-bond acceptors (Lipinski definition) is 4. The van der Waals surface area contributed by atoms with E-state index in [0.717, 1.165) is 16.9 Å². The molecule has 3 aromatic rings. The molecule has 1 aromatic carbocycles. The first-order valence-electron chi connectivity index (χ1n) is 7.72. The highest BCUT2D eigenvalue weighted by Gasteiger charge is 2.11. The van der Waals surface area contributed by atoms with Gasteiger partial charge in [-0.25, -0.2) is 0 Å². The normalized spacial score (nSPS) is 10.4. The molecule has 3 rings (SSSR count). The maximum Gasteiger partial charge on any atom is 0.269 e. The highest BCUT2D eigenvalue weighted by atomic mass is 16.5. The van der Waals surface area contributed by atoms with Crippen LogP contribution in [0.15, 0.2) is 54.9 Å². The fourth-order valence-corrected chi connectivity index (χ4v) is 2.25. The third-order valence-corrected chi connectivity index (χ3v) is 3.49. The van der Waals surface area contributed by atoms with E-state index in [4.69, 9.17) is 4.74 Å². The van der Waals surface area contributed by atoms with Crippen LogP contribution in [0.1, 0.15) is 23.0 Å². The summed E-state index contributed by atoms with van der Waals surface area (Å²) >= 11 is 0. The van der Waals surface area contributed by atoms with Crippen LogP contribution < -0.4 is 10.1 Å². The second-order valence-electron chi connectivity index (χ2n) is 5.16. The minimum Gasteiger partial charge on any atom is -0.494 e. The number of pyridine rings is 1. The molecule has 0 aliphatic carbocycles. The zero-order chi connectivity index (χ0) is 16.8. The molecule has 0 aliphatic heterocycles. The molecule has 0 spiro atoms. The van der Waals surface area contributed by atoms with Gasteiger partial charge < -0.3 is 10.1 Å². The van der Waals surface area contributed by atoms with E-state index >= 15 is 0 Å². The molecule has 0 bridgehead atoms. The van der Waals surface area contributed by atoms with Crippen LogP contribution >= 0.6 is 0 Å². The van der Waals surface area contributed by atoms with Crippen molar-refractivity contribution in [3.8, 4) is 17.0 Å². The van der Waals surface area contributed by atoms with Crippen LogP contribution in [0.25, 0.3) is 11.3 Å². The standard InChI is InChI=1S/C18H18N4O2/c1-2-24-15-5-3-14(4-6-15)16-11-17(22-21-16)18(23)20-12-13-7-9-19-10-8-13/h3-11H,2,12H2,1H3,(H,20,23)(H,21,22). The summed E-state index contributed by atoms with van der Waals surface area (Å²) in [7, 11) is 0. The van der Waals surface area contributed by atoms with E-state index in [1.54, 1.807) is 18.5 Å². The Morgan fingerprint density at radius 2 is 1.92 bits per heavy atom. The molecule has 6 heteroatoms. The summed E-state index contributed by atoms with van der Waals surface area (Å²) in [5.74, 6) is 0.614. The molecule has 0 atom stereocenters. The van der Waals surface area contributed by atoms with Gasteiger partial charge in [-0.1, -0.05) is 0 Å². The van der Waals surface area contributed by atoms with E-state index in [0.29, 0.717) is 24.5 Å². The molecule has 0 saturated heterocycles. The van der Waals surface area contributed by atoms with Crippen molar-refractivity contribution in [1.29, 1.82) is 0 Å². The first-order valence-corrected chi connectivity index (χ1v) is 7.72. The molecular formula is C18H18N4O2. The molecule has 0 fully saturated rings. The van der Waals surface area contributed by atoms with Crippen LogP contribution in [0, 0.1) is 0 Å². The predicted molar refractivity (Wildman–Crippen MR) is 90.6 cm³/mol. The van der Waals surface area contributed by atoms with Gasteiger partial charge in [-0.15, -0.1) is 0 Å². The molecule has 24 heavy (non-hydrogen) atoms. The molecule has 2 N–H and O–H groups in total. The molecule has 1 amide bonds. The first kappa shape index (κ1) is 15.7. The lowest BCUT2D eigenvalue weighted by atomic mass is 10.1.